The first-order valence-electron chi connectivity index (χ1n) is 7.28. The third-order valence-corrected chi connectivity index (χ3v) is 3.86. The van der Waals surface area contributed by atoms with E-state index in [4.69, 9.17) is 0 Å². The predicted molar refractivity (Wildman–Crippen MR) is 84.9 cm³/mol. The molecule has 118 valence electrons. The van der Waals surface area contributed by atoms with Gasteiger partial charge in [0, 0.05) is 36.9 Å². The van der Waals surface area contributed by atoms with Gasteiger partial charge < -0.3 is 20.6 Å². The Hall–Kier alpha value is -2.50. The number of aryl methyl sites for hydroxylation is 2. The summed E-state index contributed by atoms with van der Waals surface area (Å²) in [4.78, 5) is 30.1. The van der Waals surface area contributed by atoms with Crippen LogP contribution >= 0.6 is 0 Å². The van der Waals surface area contributed by atoms with Crippen LogP contribution in [-0.2, 0) is 0 Å². The van der Waals surface area contributed by atoms with Gasteiger partial charge in [0.2, 0.25) is 0 Å². The maximum atomic E-state index is 12.2. The van der Waals surface area contributed by atoms with Crippen molar-refractivity contribution in [2.75, 3.05) is 0 Å². The molecule has 0 aliphatic heterocycles. The molecule has 0 spiro atoms. The van der Waals surface area contributed by atoms with Crippen molar-refractivity contribution in [2.45, 2.75) is 39.8 Å². The van der Waals surface area contributed by atoms with Crippen molar-refractivity contribution in [3.05, 3.63) is 47.0 Å². The van der Waals surface area contributed by atoms with Crippen LogP contribution in [0, 0.1) is 13.8 Å². The SMILES string of the molecule is Cc1c[nH]cc1C(=O)N[C@@H](C)[C@H](C)NC(=O)c1c[nH]cc1C. The largest absolute Gasteiger partial charge is 0.367 e. The lowest BCUT2D eigenvalue weighted by molar-refractivity contribution is 0.0891. The molecule has 0 saturated carbocycles. The van der Waals surface area contributed by atoms with Crippen molar-refractivity contribution < 1.29 is 9.59 Å². The van der Waals surface area contributed by atoms with Crippen molar-refractivity contribution >= 4 is 11.8 Å². The molecule has 2 atom stereocenters. The first-order chi connectivity index (χ1) is 10.4. The van der Waals surface area contributed by atoms with Crippen LogP contribution in [0.25, 0.3) is 0 Å². The molecule has 2 heterocycles. The summed E-state index contributed by atoms with van der Waals surface area (Å²) >= 11 is 0. The van der Waals surface area contributed by atoms with Crippen LogP contribution < -0.4 is 10.6 Å². The van der Waals surface area contributed by atoms with Crippen molar-refractivity contribution in [3.63, 3.8) is 0 Å². The Labute approximate surface area is 129 Å². The molecule has 0 bridgehead atoms. The Balaban J connectivity index is 1.94. The number of carbonyl (C=O) groups is 2. The van der Waals surface area contributed by atoms with Crippen molar-refractivity contribution in [2.24, 2.45) is 0 Å². The highest BCUT2D eigenvalue weighted by Gasteiger charge is 2.20. The van der Waals surface area contributed by atoms with Crippen molar-refractivity contribution in [3.8, 4) is 0 Å². The fourth-order valence-corrected chi connectivity index (χ4v) is 2.19. The van der Waals surface area contributed by atoms with Gasteiger partial charge in [-0.05, 0) is 38.8 Å². The Kier molecular flexibility index (Phi) is 4.70. The molecule has 22 heavy (non-hydrogen) atoms. The number of nitrogens with one attached hydrogen (secondary N) is 4. The summed E-state index contributed by atoms with van der Waals surface area (Å²) in [5, 5.41) is 5.81. The van der Waals surface area contributed by atoms with Crippen LogP contribution in [0.5, 0.6) is 0 Å². The number of amides is 2. The summed E-state index contributed by atoms with van der Waals surface area (Å²) < 4.78 is 0. The van der Waals surface area contributed by atoms with Gasteiger partial charge in [0.1, 0.15) is 0 Å². The van der Waals surface area contributed by atoms with Gasteiger partial charge in [-0.15, -0.1) is 0 Å². The fraction of sp³-hybridized carbons (Fsp3) is 0.375. The van der Waals surface area contributed by atoms with E-state index in [2.05, 4.69) is 20.6 Å². The molecule has 2 aromatic heterocycles. The Morgan fingerprint density at radius 2 is 1.18 bits per heavy atom. The summed E-state index contributed by atoms with van der Waals surface area (Å²) in [6.07, 6.45) is 6.90. The molecule has 2 aromatic rings. The summed E-state index contributed by atoms with van der Waals surface area (Å²) in [5.74, 6) is -0.296. The molecule has 0 saturated heterocycles. The van der Waals surface area contributed by atoms with E-state index in [0.717, 1.165) is 11.1 Å². The van der Waals surface area contributed by atoms with E-state index in [-0.39, 0.29) is 23.9 Å². The molecular weight excluding hydrogens is 280 g/mol. The molecule has 0 fully saturated rings. The number of aromatic nitrogens is 2. The second-order valence-electron chi connectivity index (χ2n) is 5.63. The number of hydrogen-bond donors (Lipinski definition) is 4. The molecule has 0 radical (unpaired) electrons. The highest BCUT2D eigenvalue weighted by Crippen LogP contribution is 2.08. The monoisotopic (exact) mass is 302 g/mol. The van der Waals surface area contributed by atoms with E-state index in [1.165, 1.54) is 0 Å². The van der Waals surface area contributed by atoms with Gasteiger partial charge in [0.15, 0.2) is 0 Å². The molecule has 0 aliphatic rings. The lowest BCUT2D eigenvalue weighted by Gasteiger charge is -2.22. The van der Waals surface area contributed by atoms with Gasteiger partial charge in [-0.1, -0.05) is 0 Å². The van der Waals surface area contributed by atoms with Gasteiger partial charge in [-0.3, -0.25) is 9.59 Å². The minimum atomic E-state index is -0.190. The van der Waals surface area contributed by atoms with E-state index in [1.54, 1.807) is 24.8 Å². The molecule has 6 nitrogen and oxygen atoms in total. The molecule has 0 unspecified atom stereocenters. The quantitative estimate of drug-likeness (QED) is 0.679. The van der Waals surface area contributed by atoms with Crippen LogP contribution in [0.3, 0.4) is 0 Å². The second kappa shape index (κ2) is 6.51. The maximum Gasteiger partial charge on any atom is 0.253 e. The summed E-state index contributed by atoms with van der Waals surface area (Å²) in [5.41, 5.74) is 3.02. The highest BCUT2D eigenvalue weighted by atomic mass is 16.2. The molecule has 6 heteroatoms. The highest BCUT2D eigenvalue weighted by molar-refractivity contribution is 5.96. The van der Waals surface area contributed by atoms with Crippen molar-refractivity contribution in [1.29, 1.82) is 0 Å². The minimum absolute atomic E-state index is 0.148. The second-order valence-corrected chi connectivity index (χ2v) is 5.63. The van der Waals surface area contributed by atoms with Crippen LogP contribution in [0.15, 0.2) is 24.8 Å². The van der Waals surface area contributed by atoms with E-state index in [9.17, 15) is 9.59 Å². The third-order valence-electron chi connectivity index (χ3n) is 3.86. The molecule has 0 aromatic carbocycles. The number of aromatic amines is 2. The average Bonchev–Trinajstić information content (AvgIpc) is 3.06. The number of H-pyrrole nitrogens is 2. The summed E-state index contributed by atoms with van der Waals surface area (Å²) in [7, 11) is 0. The van der Waals surface area contributed by atoms with E-state index >= 15 is 0 Å². The predicted octanol–water partition coefficient (Wildman–Crippen LogP) is 1.90. The van der Waals surface area contributed by atoms with Gasteiger partial charge in [-0.25, -0.2) is 0 Å². The Bertz CT molecular complexity index is 613. The lowest BCUT2D eigenvalue weighted by atomic mass is 10.1. The lowest BCUT2D eigenvalue weighted by Crippen LogP contribution is -2.48. The molecule has 0 aliphatic carbocycles. The molecule has 2 rings (SSSR count). The first kappa shape index (κ1) is 15.9. The zero-order chi connectivity index (χ0) is 16.3. The minimum Gasteiger partial charge on any atom is -0.367 e. The van der Waals surface area contributed by atoms with E-state index < -0.39 is 0 Å². The van der Waals surface area contributed by atoms with Crippen LogP contribution in [0.2, 0.25) is 0 Å². The zero-order valence-corrected chi connectivity index (χ0v) is 13.3. The summed E-state index contributed by atoms with van der Waals surface area (Å²) in [6, 6.07) is -0.380. The molecule has 2 amide bonds. The Morgan fingerprint density at radius 3 is 1.45 bits per heavy atom. The third kappa shape index (κ3) is 3.39. The number of hydrogen-bond acceptors (Lipinski definition) is 2. The number of rotatable bonds is 5. The van der Waals surface area contributed by atoms with Gasteiger partial charge in [0.05, 0.1) is 11.1 Å². The topological polar surface area (TPSA) is 89.8 Å². The zero-order valence-electron chi connectivity index (χ0n) is 13.3. The van der Waals surface area contributed by atoms with E-state index in [0.29, 0.717) is 11.1 Å². The van der Waals surface area contributed by atoms with Gasteiger partial charge >= 0.3 is 0 Å². The fourth-order valence-electron chi connectivity index (χ4n) is 2.19. The van der Waals surface area contributed by atoms with Gasteiger partial charge in [0.25, 0.3) is 11.8 Å². The summed E-state index contributed by atoms with van der Waals surface area (Å²) in [6.45, 7) is 7.48. The van der Waals surface area contributed by atoms with Gasteiger partial charge in [-0.2, -0.15) is 0 Å². The Morgan fingerprint density at radius 1 is 0.818 bits per heavy atom. The van der Waals surface area contributed by atoms with Crippen LogP contribution in [-0.4, -0.2) is 33.9 Å². The first-order valence-corrected chi connectivity index (χ1v) is 7.28. The molecular formula is C16H22N4O2. The average molecular weight is 302 g/mol. The maximum absolute atomic E-state index is 12.2. The smallest absolute Gasteiger partial charge is 0.253 e. The van der Waals surface area contributed by atoms with E-state index in [1.807, 2.05) is 27.7 Å². The number of carbonyl (C=O) groups excluding carboxylic acids is 2. The standard InChI is InChI=1S/C16H22N4O2/c1-9-5-17-7-13(9)15(21)19-11(3)12(4)20-16(22)14-8-18-6-10(14)2/h5-8,11-12,17-18H,1-4H3,(H,19,21)(H,20,22)/t11-,12-/m0/s1. The van der Waals surface area contributed by atoms with Crippen molar-refractivity contribution in [1.82, 2.24) is 20.6 Å². The normalized spacial score (nSPS) is 13.5. The molecule has 4 N–H and O–H groups in total. The van der Waals surface area contributed by atoms with Crippen LogP contribution in [0.1, 0.15) is 45.7 Å². The van der Waals surface area contributed by atoms with Crippen LogP contribution in [0.4, 0.5) is 0 Å².